The van der Waals surface area contributed by atoms with Crippen molar-refractivity contribution in [1.82, 2.24) is 0 Å². The minimum Gasteiger partial charge on any atom is -0.547 e. The third-order valence-electron chi connectivity index (χ3n) is 18.3. The number of carbonyl (C=O) groups is 2. The Morgan fingerprint density at radius 1 is 0.473 bits per heavy atom. The van der Waals surface area contributed by atoms with E-state index in [-0.39, 0.29) is 252 Å². The predicted molar refractivity (Wildman–Crippen MR) is 380 cm³/mol. The van der Waals surface area contributed by atoms with Crippen LogP contribution in [0.5, 0.6) is 0 Å². The Balaban J connectivity index is -0.000000388. The third kappa shape index (κ3) is 43.9. The van der Waals surface area contributed by atoms with Crippen LogP contribution in [-0.4, -0.2) is 248 Å². The Morgan fingerprint density at radius 3 is 1.31 bits per heavy atom. The second-order valence-corrected chi connectivity index (χ2v) is 37.0. The molecule has 0 spiro atoms. The standard InChI is InChI=1S/C10H21O6P.C10H15O3.C9H16BO5P.C9H18O7P.C9H18O5P.C9H14O5P.C9H15O3.5U/c1-5(2)8-9(12)6(3)16-10(8)7(11)4-17(13,14)15;1-7(2)10-8(12)6-13-9(10)4-3-5-11;1-5(2)7-6(3-4-16(12,13)14)15-9(10)8(7)11;1-4(2)6-5(10)3-16-8(6)7(11)9(12)17(13,14)15;2*1-6(2)9-7(10)5-14-8(9)3-4-15(11,12)13;1-6(2)9-7(11)5-12-8(9)3-4-10;;;;;/h5-12H,4H2,1-3H3,(H2,13,14,15);3-10,12H,1-2H3;3-9,11H,1-2H3,(H2,12,13,14);3-12H,1-2H3,(H2,13,14,15);5-10H,3-4H2,1-2H3,(H2,11,12,13);5-10H,1-2H3,(H2,11,12,13);4-9,11H,3H2,1-2H3;;;;;/q;-1;;4*-1;;;;;/b;4-3-;4-3+;;;;;;;;;/t6-,7?,8?,9+,10+;8-,9-,10?;6-,7?,8+,9-;5-,6?,7?,8+,9?;3*7-,8-,9?;;;;;/m0111111...../s1. The topological polar surface area (TPSA) is 589 Å². The molecule has 2 radical (unpaired) electrons. The fourth-order valence-electron chi connectivity index (χ4n) is 13.2. The van der Waals surface area contributed by atoms with Crippen LogP contribution < -0.4 is 0 Å². The minimum absolute atomic E-state index is 0. The first kappa shape index (κ1) is 122. The molecule has 110 heavy (non-hydrogen) atoms. The fraction of sp³-hybridized carbons (Fsp3) is 0.800. The molecule has 0 saturated carbocycles. The van der Waals surface area contributed by atoms with Gasteiger partial charge < -0.3 is 138 Å². The van der Waals surface area contributed by atoms with Gasteiger partial charge in [0.25, 0.3) is 0 Å². The Kier molecular flexibility index (Phi) is 63.7. The van der Waals surface area contributed by atoms with E-state index in [4.69, 9.17) is 89.9 Å². The molecule has 634 valence electrons. The van der Waals surface area contributed by atoms with E-state index in [1.54, 1.807) is 26.8 Å². The number of ether oxygens (including phenoxy) is 7. The van der Waals surface area contributed by atoms with Gasteiger partial charge in [0, 0.05) is 210 Å². The van der Waals surface area contributed by atoms with Crippen LogP contribution >= 0.6 is 38.0 Å². The molecule has 7 saturated heterocycles. The molecular formula is C65H117BO34P5U5-5. The quantitative estimate of drug-likeness (QED) is 0.0184. The predicted octanol–water partition coefficient (Wildman–Crippen LogP) is 1.96. The van der Waals surface area contributed by atoms with Gasteiger partial charge in [-0.2, -0.15) is 33.0 Å². The molecule has 7 rings (SSSR count). The molecule has 0 aromatic carbocycles. The first-order chi connectivity index (χ1) is 48.0. The Morgan fingerprint density at radius 2 is 0.891 bits per heavy atom. The number of carbonyl (C=O) groups excluding carboxylic acids is 2. The van der Waals surface area contributed by atoms with Crippen LogP contribution in [-0.2, 0) is 65.6 Å². The molecule has 7 aliphatic heterocycles. The van der Waals surface area contributed by atoms with E-state index >= 15 is 0 Å². The van der Waals surface area contributed by atoms with Crippen LogP contribution in [0.15, 0.2) is 24.0 Å². The molecule has 45 heteroatoms. The summed E-state index contributed by atoms with van der Waals surface area (Å²) < 4.78 is 89.9. The van der Waals surface area contributed by atoms with Crippen LogP contribution in [0.3, 0.4) is 0 Å². The summed E-state index contributed by atoms with van der Waals surface area (Å²) in [5.41, 5.74) is 1.83. The number of rotatable bonds is 22. The normalized spacial score (nSPS) is 32.9. The van der Waals surface area contributed by atoms with Crippen molar-refractivity contribution < 1.29 is 321 Å². The molecule has 26 atom stereocenters. The summed E-state index contributed by atoms with van der Waals surface area (Å²) in [4.78, 5) is 108. The van der Waals surface area contributed by atoms with E-state index < -0.39 is 147 Å². The van der Waals surface area contributed by atoms with Crippen molar-refractivity contribution in [3.8, 4) is 11.6 Å². The largest absolute Gasteiger partial charge is 0.547 e. The van der Waals surface area contributed by atoms with Crippen molar-refractivity contribution in [3.05, 3.63) is 57.1 Å². The van der Waals surface area contributed by atoms with E-state index in [9.17, 15) is 83.5 Å². The van der Waals surface area contributed by atoms with Crippen LogP contribution in [0, 0.1) is 283 Å². The second-order valence-electron chi connectivity index (χ2n) is 29.1. The third-order valence-corrected chi connectivity index (χ3v) is 22.0. The van der Waals surface area contributed by atoms with E-state index in [2.05, 4.69) is 5.92 Å². The maximum Gasteiger partial charge on any atom is 0.400 e. The van der Waals surface area contributed by atoms with Gasteiger partial charge >= 0.3 is 38.0 Å². The molecule has 7 aliphatic rings. The Bertz CT molecular complexity index is 2930. The summed E-state index contributed by atoms with van der Waals surface area (Å²) in [6, 6.07) is -0.807. The van der Waals surface area contributed by atoms with Crippen molar-refractivity contribution in [2.75, 3.05) is 12.3 Å². The molecule has 0 aromatic heterocycles. The number of aldehydes is 2. The SMILES string of the molecule is CC(C)C1[C@@H](C(O)C(O)P(=O)(O)O)O[CH-][C@H]1O.CC(C)C1[C@@H](C(O)CP(=O)(O)O)O[C@@H](C)[C@H]1O.CC(C)C1[C@H](O)[CH-]O[C@@H]1/C=C\C=O.CC(C)C1[C@H](O)[CH-]O[C@@H]1C#CP(=O)(O)O.CC(C)C1[C@H](O)[CH-]O[C@@H]1CC=O.CC(C)C1[C@H](O)[CH-]O[C@@H]1CCP(=O)(O)O.[B][C@@H]1O[C@H](/C=C/P(=O)(O)O)C(C(C)C)[C@@H]1O.[U].[U].[U].[U].[U]. The zero-order valence-corrected chi connectivity index (χ0v) is 89.5. The van der Waals surface area contributed by atoms with Gasteiger partial charge in [0.05, 0.1) is 61.2 Å². The van der Waals surface area contributed by atoms with Crippen molar-refractivity contribution in [2.24, 2.45) is 82.9 Å². The molecule has 0 aromatic rings. The molecule has 7 heterocycles. The molecule has 7 fully saturated rings. The molecule has 0 amide bonds. The number of aliphatic hydroxyl groups excluding tert-OH is 10. The van der Waals surface area contributed by atoms with Gasteiger partial charge in [-0.15, -0.1) is 0 Å². The summed E-state index contributed by atoms with van der Waals surface area (Å²) in [6.07, 6.45) is -6.12. The van der Waals surface area contributed by atoms with E-state index in [0.717, 1.165) is 18.7 Å². The molecule has 20 N–H and O–H groups in total. The van der Waals surface area contributed by atoms with Gasteiger partial charge in [0.1, 0.15) is 26.5 Å². The van der Waals surface area contributed by atoms with Gasteiger partial charge in [-0.05, 0) is 127 Å². The first-order valence-corrected chi connectivity index (χ1v) is 42.9. The van der Waals surface area contributed by atoms with E-state index in [1.165, 1.54) is 38.6 Å². The molecule has 0 aliphatic carbocycles. The number of aliphatic hydroxyl groups is 10. The first-order valence-electron chi connectivity index (χ1n) is 34.3. The zero-order valence-electron chi connectivity index (χ0n) is 64.2. The molecule has 10 unspecified atom stereocenters. The number of allylic oxidation sites excluding steroid dienone is 1. The average Bonchev–Trinajstić information content (AvgIpc) is 1.67. The Labute approximate surface area is 767 Å². The molecule has 34 nitrogen and oxygen atoms in total. The van der Waals surface area contributed by atoms with Gasteiger partial charge in [-0.25, -0.2) is 4.57 Å². The smallest absolute Gasteiger partial charge is 0.400 e. The molecule has 0 bridgehead atoms. The van der Waals surface area contributed by atoms with Gasteiger partial charge in [-0.1, -0.05) is 109 Å². The van der Waals surface area contributed by atoms with Crippen LogP contribution in [0.4, 0.5) is 0 Å². The maximum atomic E-state index is 10.9. The monoisotopic (exact) mass is 2800 g/mol. The summed E-state index contributed by atoms with van der Waals surface area (Å²) in [5.74, 6) is 0.741. The summed E-state index contributed by atoms with van der Waals surface area (Å²) >= 11 is 0. The minimum atomic E-state index is -4.81. The van der Waals surface area contributed by atoms with E-state index in [1.807, 2.05) is 88.7 Å². The molecular weight excluding hydrogens is 2680 g/mol. The van der Waals surface area contributed by atoms with Crippen molar-refractivity contribution in [2.45, 2.75) is 232 Å². The zero-order chi connectivity index (χ0) is 81.5. The number of hydrogen-bond acceptors (Lipinski definition) is 24. The fourth-order valence-corrected chi connectivity index (χ4v) is 15.7. The van der Waals surface area contributed by atoms with Crippen molar-refractivity contribution in [3.63, 3.8) is 0 Å². The van der Waals surface area contributed by atoms with Crippen molar-refractivity contribution >= 4 is 58.4 Å². The number of hydrogen-bond donors (Lipinski definition) is 20. The van der Waals surface area contributed by atoms with Crippen molar-refractivity contribution in [1.29, 1.82) is 0 Å². The maximum absolute atomic E-state index is 10.9. The summed E-state index contributed by atoms with van der Waals surface area (Å²) in [7, 11) is -16.1. The van der Waals surface area contributed by atoms with Crippen LogP contribution in [0.2, 0.25) is 0 Å². The second kappa shape index (κ2) is 57.3. The summed E-state index contributed by atoms with van der Waals surface area (Å²) in [6.45, 7) is 35.2. The van der Waals surface area contributed by atoms with Crippen LogP contribution in [0.25, 0.3) is 0 Å². The van der Waals surface area contributed by atoms with E-state index in [0.29, 0.717) is 24.5 Å². The van der Waals surface area contributed by atoms with Gasteiger partial charge in [0.15, 0.2) is 5.85 Å². The van der Waals surface area contributed by atoms with Crippen LogP contribution in [0.1, 0.15) is 117 Å². The van der Waals surface area contributed by atoms with Gasteiger partial charge in [-0.3, -0.25) is 23.1 Å². The Hall–Kier alpha value is 3.77. The van der Waals surface area contributed by atoms with Gasteiger partial charge in [0.2, 0.25) is 0 Å². The summed E-state index contributed by atoms with van der Waals surface area (Å²) in [5, 5.41) is 96.2. The average molecular weight is 2800 g/mol.